The quantitative estimate of drug-likeness (QED) is 0.740. The van der Waals surface area contributed by atoms with Crippen LogP contribution in [0.25, 0.3) is 0 Å². The van der Waals surface area contributed by atoms with Crippen molar-refractivity contribution in [2.45, 2.75) is 23.2 Å². The van der Waals surface area contributed by atoms with Gasteiger partial charge >= 0.3 is 0 Å². The number of likely N-dealkylation sites (tertiary alicyclic amines) is 1. The van der Waals surface area contributed by atoms with Crippen LogP contribution in [0.4, 0.5) is 0 Å². The monoisotopic (exact) mass is 428 g/mol. The zero-order valence-electron chi connectivity index (χ0n) is 14.5. The summed E-state index contributed by atoms with van der Waals surface area (Å²) >= 11 is 6.71. The number of hydrogen-bond donors (Lipinski definition) is 2. The lowest BCUT2D eigenvalue weighted by Gasteiger charge is -2.34. The summed E-state index contributed by atoms with van der Waals surface area (Å²) in [6.07, 6.45) is 0.801. The molecule has 2 N–H and O–H groups in total. The van der Waals surface area contributed by atoms with Gasteiger partial charge in [0.2, 0.25) is 5.91 Å². The normalized spacial score (nSPS) is 17.0. The highest BCUT2D eigenvalue weighted by Crippen LogP contribution is 2.30. The second kappa shape index (κ2) is 8.70. The molecule has 1 fully saturated rings. The average molecular weight is 429 g/mol. The van der Waals surface area contributed by atoms with Gasteiger partial charge in [-0.25, -0.2) is 13.1 Å². The average Bonchev–Trinajstić information content (AvgIpc) is 3.14. The number of amides is 1. The summed E-state index contributed by atoms with van der Waals surface area (Å²) < 4.78 is 27.1. The molecule has 1 atom stereocenters. The van der Waals surface area contributed by atoms with Crippen LogP contribution >= 0.6 is 22.9 Å². The number of aliphatic hydroxyl groups excluding tert-OH is 1. The van der Waals surface area contributed by atoms with Gasteiger partial charge in [0.15, 0.2) is 0 Å². The standard InChI is InChI=1S/C18H21ClN2O4S2/c19-15-6-7-17(26-15)27(24,25)20-12-16(22)21-10-8-14(9-11-21)18(23)13-4-2-1-3-5-13/h1-7,14,18,20,23H,8-12H2. The summed E-state index contributed by atoms with van der Waals surface area (Å²) in [5, 5.41) is 10.5. The number of benzene rings is 1. The number of rotatable bonds is 6. The highest BCUT2D eigenvalue weighted by Gasteiger charge is 2.28. The van der Waals surface area contributed by atoms with Gasteiger partial charge in [0.05, 0.1) is 17.0 Å². The van der Waals surface area contributed by atoms with Crippen LogP contribution in [0.2, 0.25) is 4.34 Å². The van der Waals surface area contributed by atoms with E-state index < -0.39 is 16.1 Å². The van der Waals surface area contributed by atoms with Crippen molar-refractivity contribution in [1.82, 2.24) is 9.62 Å². The molecule has 1 aromatic carbocycles. The van der Waals surface area contributed by atoms with Crippen LogP contribution in [0.1, 0.15) is 24.5 Å². The number of carbonyl (C=O) groups is 1. The zero-order chi connectivity index (χ0) is 19.4. The first-order valence-corrected chi connectivity index (χ1v) is 11.3. The predicted octanol–water partition coefficient (Wildman–Crippen LogP) is 2.65. The minimum absolute atomic E-state index is 0.0846. The van der Waals surface area contributed by atoms with Gasteiger partial charge in [-0.1, -0.05) is 41.9 Å². The molecule has 3 rings (SSSR count). The van der Waals surface area contributed by atoms with E-state index in [1.807, 2.05) is 30.3 Å². The van der Waals surface area contributed by atoms with Crippen LogP contribution in [0.3, 0.4) is 0 Å². The molecule has 1 unspecified atom stereocenters. The lowest BCUT2D eigenvalue weighted by atomic mass is 9.87. The smallest absolute Gasteiger partial charge is 0.250 e. The Morgan fingerprint density at radius 1 is 1.22 bits per heavy atom. The van der Waals surface area contributed by atoms with E-state index in [0.29, 0.717) is 30.3 Å². The van der Waals surface area contributed by atoms with Crippen molar-refractivity contribution in [2.24, 2.45) is 5.92 Å². The third kappa shape index (κ3) is 5.08. The number of thiophene rings is 1. The van der Waals surface area contributed by atoms with Crippen LogP contribution in [0, 0.1) is 5.92 Å². The summed E-state index contributed by atoms with van der Waals surface area (Å²) in [6.45, 7) is 0.712. The topological polar surface area (TPSA) is 86.7 Å². The van der Waals surface area contributed by atoms with Crippen LogP contribution in [0.5, 0.6) is 0 Å². The van der Waals surface area contributed by atoms with Crippen LogP contribution in [-0.2, 0) is 14.8 Å². The molecule has 0 spiro atoms. The lowest BCUT2D eigenvalue weighted by Crippen LogP contribution is -2.44. The molecule has 1 aliphatic heterocycles. The first kappa shape index (κ1) is 20.3. The zero-order valence-corrected chi connectivity index (χ0v) is 16.9. The van der Waals surface area contributed by atoms with Gasteiger partial charge in [-0.05, 0) is 36.5 Å². The SMILES string of the molecule is O=C(CNS(=O)(=O)c1ccc(Cl)s1)N1CCC(C(O)c2ccccc2)CC1. The summed E-state index contributed by atoms with van der Waals surface area (Å²) in [6, 6.07) is 12.4. The third-order valence-electron chi connectivity index (χ3n) is 4.71. The molecule has 0 saturated carbocycles. The Morgan fingerprint density at radius 3 is 2.48 bits per heavy atom. The molecule has 1 aliphatic rings. The Kier molecular flexibility index (Phi) is 6.54. The number of aliphatic hydroxyl groups is 1. The molecule has 0 aliphatic carbocycles. The molecule has 6 nitrogen and oxygen atoms in total. The number of halogens is 1. The molecule has 27 heavy (non-hydrogen) atoms. The highest BCUT2D eigenvalue weighted by atomic mass is 35.5. The van der Waals surface area contributed by atoms with E-state index in [-0.39, 0.29) is 22.6 Å². The summed E-state index contributed by atoms with van der Waals surface area (Å²) in [5.41, 5.74) is 0.879. The van der Waals surface area contributed by atoms with Gasteiger partial charge in [-0.3, -0.25) is 4.79 Å². The van der Waals surface area contributed by atoms with E-state index in [1.165, 1.54) is 12.1 Å². The number of sulfonamides is 1. The molecule has 2 heterocycles. The molecule has 9 heteroatoms. The van der Waals surface area contributed by atoms with Gasteiger partial charge in [-0.2, -0.15) is 0 Å². The minimum atomic E-state index is -3.74. The maximum atomic E-state index is 12.3. The van der Waals surface area contributed by atoms with Crippen LogP contribution in [-0.4, -0.2) is 44.0 Å². The first-order chi connectivity index (χ1) is 12.9. The van der Waals surface area contributed by atoms with E-state index in [0.717, 1.165) is 16.9 Å². The van der Waals surface area contributed by atoms with Crippen molar-refractivity contribution in [3.05, 3.63) is 52.4 Å². The molecule has 1 saturated heterocycles. The van der Waals surface area contributed by atoms with Gasteiger partial charge in [0.1, 0.15) is 4.21 Å². The van der Waals surface area contributed by atoms with E-state index in [9.17, 15) is 18.3 Å². The van der Waals surface area contributed by atoms with Crippen molar-refractivity contribution >= 4 is 38.9 Å². The fourth-order valence-corrected chi connectivity index (χ4v) is 5.67. The largest absolute Gasteiger partial charge is 0.388 e. The Morgan fingerprint density at radius 2 is 1.89 bits per heavy atom. The van der Waals surface area contributed by atoms with Crippen molar-refractivity contribution in [3.8, 4) is 0 Å². The molecule has 0 radical (unpaired) electrons. The van der Waals surface area contributed by atoms with Gasteiger partial charge in [-0.15, -0.1) is 11.3 Å². The summed E-state index contributed by atoms with van der Waals surface area (Å²) in [7, 11) is -3.74. The minimum Gasteiger partial charge on any atom is -0.388 e. The summed E-state index contributed by atoms with van der Waals surface area (Å²) in [5.74, 6) is -0.185. The number of carbonyl (C=O) groups excluding carboxylic acids is 1. The number of nitrogens with zero attached hydrogens (tertiary/aromatic N) is 1. The second-order valence-corrected chi connectivity index (χ2v) is 10.2. The second-order valence-electron chi connectivity index (χ2n) is 6.46. The predicted molar refractivity (Wildman–Crippen MR) is 105 cm³/mol. The Bertz CT molecular complexity index is 878. The van der Waals surface area contributed by atoms with Crippen LogP contribution < -0.4 is 4.72 Å². The molecular weight excluding hydrogens is 408 g/mol. The fraction of sp³-hybridized carbons (Fsp3) is 0.389. The number of nitrogens with one attached hydrogen (secondary N) is 1. The van der Waals surface area contributed by atoms with Gasteiger partial charge in [0, 0.05) is 13.1 Å². The fourth-order valence-electron chi connectivity index (χ4n) is 3.17. The highest BCUT2D eigenvalue weighted by molar-refractivity contribution is 7.91. The van der Waals surface area contributed by atoms with E-state index in [4.69, 9.17) is 11.6 Å². The van der Waals surface area contributed by atoms with E-state index >= 15 is 0 Å². The van der Waals surface area contributed by atoms with Crippen LogP contribution in [0.15, 0.2) is 46.7 Å². The van der Waals surface area contributed by atoms with Crippen molar-refractivity contribution in [1.29, 1.82) is 0 Å². The van der Waals surface area contributed by atoms with E-state index in [1.54, 1.807) is 4.90 Å². The number of hydrogen-bond acceptors (Lipinski definition) is 5. The molecule has 146 valence electrons. The molecule has 0 bridgehead atoms. The first-order valence-electron chi connectivity index (χ1n) is 8.62. The van der Waals surface area contributed by atoms with Crippen molar-refractivity contribution in [2.75, 3.05) is 19.6 Å². The summed E-state index contributed by atoms with van der Waals surface area (Å²) in [4.78, 5) is 14.0. The van der Waals surface area contributed by atoms with Gasteiger partial charge in [0.25, 0.3) is 10.0 Å². The Labute approximate surface area is 167 Å². The molecule has 1 amide bonds. The number of piperidine rings is 1. The molecule has 2 aromatic rings. The Balaban J connectivity index is 1.50. The molecule has 1 aromatic heterocycles. The Hall–Kier alpha value is -1.45. The van der Waals surface area contributed by atoms with E-state index in [2.05, 4.69) is 4.72 Å². The van der Waals surface area contributed by atoms with Crippen molar-refractivity contribution in [3.63, 3.8) is 0 Å². The maximum Gasteiger partial charge on any atom is 0.250 e. The van der Waals surface area contributed by atoms with Gasteiger partial charge < -0.3 is 10.0 Å². The maximum absolute atomic E-state index is 12.3. The molecular formula is C18H21ClN2O4S2. The lowest BCUT2D eigenvalue weighted by molar-refractivity contribution is -0.131. The van der Waals surface area contributed by atoms with Crippen molar-refractivity contribution < 1.29 is 18.3 Å². The third-order valence-corrected chi connectivity index (χ3v) is 7.83.